The van der Waals surface area contributed by atoms with Crippen LogP contribution in [0.25, 0.3) is 0 Å². The van der Waals surface area contributed by atoms with Crippen LogP contribution >= 0.6 is 0 Å². The van der Waals surface area contributed by atoms with E-state index in [9.17, 15) is 5.11 Å². The number of phenols is 1. The maximum Gasteiger partial charge on any atom is 0.194 e. The Labute approximate surface area is 138 Å². The molecule has 1 unspecified atom stereocenters. The van der Waals surface area contributed by atoms with Gasteiger partial charge in [-0.1, -0.05) is 24.3 Å². The van der Waals surface area contributed by atoms with Crippen LogP contribution in [0.5, 0.6) is 5.75 Å². The Hall–Kier alpha value is -2.01. The van der Waals surface area contributed by atoms with E-state index in [1.807, 2.05) is 12.1 Å². The van der Waals surface area contributed by atoms with E-state index in [1.165, 1.54) is 6.42 Å². The fraction of sp³-hybridized carbons (Fsp3) is 0.500. The van der Waals surface area contributed by atoms with Gasteiger partial charge in [-0.2, -0.15) is 0 Å². The zero-order valence-electron chi connectivity index (χ0n) is 13.8. The Balaban J connectivity index is 1.63. The fourth-order valence-electron chi connectivity index (χ4n) is 3.27. The van der Waals surface area contributed by atoms with Gasteiger partial charge in [-0.15, -0.1) is 0 Å². The molecule has 1 fully saturated rings. The maximum atomic E-state index is 9.56. The number of benzene rings is 1. The minimum atomic E-state index is 0.297. The molecule has 2 heterocycles. The molecular formula is C18H26N4O. The van der Waals surface area contributed by atoms with Crippen LogP contribution in [0.4, 0.5) is 0 Å². The molecule has 2 N–H and O–H groups in total. The highest BCUT2D eigenvalue weighted by molar-refractivity contribution is 5.80. The molecule has 0 aliphatic carbocycles. The predicted octanol–water partition coefficient (Wildman–Crippen LogP) is 1.80. The zero-order chi connectivity index (χ0) is 16.1. The monoisotopic (exact) mass is 314 g/mol. The Morgan fingerprint density at radius 1 is 1.35 bits per heavy atom. The van der Waals surface area contributed by atoms with Crippen LogP contribution in [0.3, 0.4) is 0 Å². The van der Waals surface area contributed by atoms with Crippen LogP contribution in [0, 0.1) is 0 Å². The highest BCUT2D eigenvalue weighted by Crippen LogP contribution is 2.18. The van der Waals surface area contributed by atoms with Crippen LogP contribution in [0.15, 0.2) is 41.4 Å². The minimum Gasteiger partial charge on any atom is -0.508 e. The number of phenolic OH excluding ortho intramolecular Hbond substituents is 1. The summed E-state index contributed by atoms with van der Waals surface area (Å²) in [7, 11) is 0. The lowest BCUT2D eigenvalue weighted by molar-refractivity contribution is 0.259. The molecule has 2 aliphatic heterocycles. The van der Waals surface area contributed by atoms with E-state index < -0.39 is 0 Å². The molecule has 23 heavy (non-hydrogen) atoms. The van der Waals surface area contributed by atoms with E-state index in [2.05, 4.69) is 34.2 Å². The van der Waals surface area contributed by atoms with Crippen molar-refractivity contribution >= 4 is 5.96 Å². The van der Waals surface area contributed by atoms with Gasteiger partial charge in [0.25, 0.3) is 0 Å². The molecular weight excluding hydrogens is 288 g/mol. The van der Waals surface area contributed by atoms with Gasteiger partial charge in [0.2, 0.25) is 0 Å². The largest absolute Gasteiger partial charge is 0.508 e. The second kappa shape index (κ2) is 7.51. The average Bonchev–Trinajstić information content (AvgIpc) is 3.22. The molecule has 2 aliphatic rings. The van der Waals surface area contributed by atoms with E-state index in [-0.39, 0.29) is 0 Å². The molecule has 0 bridgehead atoms. The molecule has 0 aromatic heterocycles. The lowest BCUT2D eigenvalue weighted by atomic mass is 10.2. The third kappa shape index (κ3) is 4.05. The van der Waals surface area contributed by atoms with Crippen LogP contribution in [0.1, 0.15) is 18.9 Å². The molecule has 1 aromatic rings. The smallest absolute Gasteiger partial charge is 0.194 e. The number of hydrogen-bond donors (Lipinski definition) is 2. The maximum absolute atomic E-state index is 9.56. The molecule has 1 saturated heterocycles. The summed E-state index contributed by atoms with van der Waals surface area (Å²) in [5.74, 6) is 1.27. The first kappa shape index (κ1) is 15.9. The molecule has 0 radical (unpaired) electrons. The van der Waals surface area contributed by atoms with Crippen molar-refractivity contribution < 1.29 is 5.11 Å². The highest BCUT2D eigenvalue weighted by atomic mass is 16.3. The normalized spacial score (nSPS) is 22.0. The summed E-state index contributed by atoms with van der Waals surface area (Å²) in [6.45, 7) is 7.79. The summed E-state index contributed by atoms with van der Waals surface area (Å²) >= 11 is 0. The first-order valence-electron chi connectivity index (χ1n) is 8.46. The van der Waals surface area contributed by atoms with Gasteiger partial charge in [-0.05, 0) is 31.0 Å². The van der Waals surface area contributed by atoms with E-state index in [0.29, 0.717) is 18.3 Å². The van der Waals surface area contributed by atoms with Crippen molar-refractivity contribution in [2.45, 2.75) is 25.9 Å². The Morgan fingerprint density at radius 2 is 2.17 bits per heavy atom. The molecule has 124 valence electrons. The minimum absolute atomic E-state index is 0.297. The molecule has 0 amide bonds. The molecule has 1 aromatic carbocycles. The van der Waals surface area contributed by atoms with Crippen molar-refractivity contribution in [1.29, 1.82) is 0 Å². The van der Waals surface area contributed by atoms with Gasteiger partial charge in [0.1, 0.15) is 5.75 Å². The third-order valence-electron chi connectivity index (χ3n) is 4.48. The quantitative estimate of drug-likeness (QED) is 0.505. The van der Waals surface area contributed by atoms with Crippen molar-refractivity contribution in [3.63, 3.8) is 0 Å². The highest BCUT2D eigenvalue weighted by Gasteiger charge is 2.29. The second-order valence-corrected chi connectivity index (χ2v) is 6.15. The van der Waals surface area contributed by atoms with Crippen molar-refractivity contribution in [2.75, 3.05) is 32.7 Å². The van der Waals surface area contributed by atoms with E-state index in [0.717, 1.165) is 44.2 Å². The first-order valence-corrected chi connectivity index (χ1v) is 8.46. The summed E-state index contributed by atoms with van der Waals surface area (Å²) in [4.78, 5) is 9.64. The number of rotatable bonds is 4. The lowest BCUT2D eigenvalue weighted by Gasteiger charge is -2.25. The van der Waals surface area contributed by atoms with Crippen molar-refractivity contribution in [3.8, 4) is 5.75 Å². The number of likely N-dealkylation sites (tertiary alicyclic amines) is 1. The van der Waals surface area contributed by atoms with Gasteiger partial charge in [-0.25, -0.2) is 4.99 Å². The Bertz CT molecular complexity index is 576. The SMILES string of the molecule is CCNC(=NCc1cccc(O)c1)N1CCC(N2CC=CC2)C1. The van der Waals surface area contributed by atoms with E-state index in [4.69, 9.17) is 4.99 Å². The number of nitrogens with one attached hydrogen (secondary N) is 1. The van der Waals surface area contributed by atoms with Crippen LogP contribution in [0.2, 0.25) is 0 Å². The average molecular weight is 314 g/mol. The third-order valence-corrected chi connectivity index (χ3v) is 4.48. The van der Waals surface area contributed by atoms with Crippen LogP contribution < -0.4 is 5.32 Å². The number of aromatic hydroxyl groups is 1. The molecule has 0 spiro atoms. The first-order chi connectivity index (χ1) is 11.3. The Kier molecular flexibility index (Phi) is 5.18. The summed E-state index contributed by atoms with van der Waals surface area (Å²) in [6.07, 6.45) is 5.70. The molecule has 5 heteroatoms. The lowest BCUT2D eigenvalue weighted by Crippen LogP contribution is -2.42. The molecule has 0 saturated carbocycles. The topological polar surface area (TPSA) is 51.1 Å². The summed E-state index contributed by atoms with van der Waals surface area (Å²) < 4.78 is 0. The summed E-state index contributed by atoms with van der Waals surface area (Å²) in [5, 5.41) is 13.0. The molecule has 1 atom stereocenters. The van der Waals surface area contributed by atoms with E-state index >= 15 is 0 Å². The van der Waals surface area contributed by atoms with Gasteiger partial charge < -0.3 is 15.3 Å². The summed E-state index contributed by atoms with van der Waals surface area (Å²) in [5.41, 5.74) is 1.03. The standard InChI is InChI=1S/C18H26N4O/c1-2-19-18(20-13-15-6-5-7-17(23)12-15)22-11-8-16(14-22)21-9-3-4-10-21/h3-7,12,16,23H,2,8-11,13-14H2,1H3,(H,19,20). The molecule has 3 rings (SSSR count). The van der Waals surface area contributed by atoms with Crippen LogP contribution in [-0.4, -0.2) is 59.6 Å². The predicted molar refractivity (Wildman–Crippen MR) is 93.6 cm³/mol. The van der Waals surface area contributed by atoms with Gasteiger partial charge in [0.05, 0.1) is 6.54 Å². The molecule has 5 nitrogen and oxygen atoms in total. The van der Waals surface area contributed by atoms with Gasteiger partial charge in [0.15, 0.2) is 5.96 Å². The summed E-state index contributed by atoms with van der Waals surface area (Å²) in [6, 6.07) is 7.94. The van der Waals surface area contributed by atoms with Crippen molar-refractivity contribution in [1.82, 2.24) is 15.1 Å². The zero-order valence-corrected chi connectivity index (χ0v) is 13.8. The Morgan fingerprint density at radius 3 is 2.91 bits per heavy atom. The number of guanidine groups is 1. The van der Waals surface area contributed by atoms with Gasteiger partial charge in [0, 0.05) is 38.8 Å². The van der Waals surface area contributed by atoms with Crippen molar-refractivity contribution in [2.24, 2.45) is 4.99 Å². The second-order valence-electron chi connectivity index (χ2n) is 6.15. The van der Waals surface area contributed by atoms with Gasteiger partial charge in [-0.3, -0.25) is 4.90 Å². The van der Waals surface area contributed by atoms with Crippen molar-refractivity contribution in [3.05, 3.63) is 42.0 Å². The van der Waals surface area contributed by atoms with Crippen LogP contribution in [-0.2, 0) is 6.54 Å². The fourth-order valence-corrected chi connectivity index (χ4v) is 3.27. The van der Waals surface area contributed by atoms with E-state index in [1.54, 1.807) is 12.1 Å². The number of hydrogen-bond acceptors (Lipinski definition) is 3. The number of nitrogens with zero attached hydrogens (tertiary/aromatic N) is 3. The van der Waals surface area contributed by atoms with Gasteiger partial charge >= 0.3 is 0 Å². The number of aliphatic imine (C=N–C) groups is 1.